The highest BCUT2D eigenvalue weighted by atomic mass is 16.5. The first-order valence-electron chi connectivity index (χ1n) is 4.55. The van der Waals surface area contributed by atoms with Crippen LogP contribution in [0.25, 0.3) is 0 Å². The number of pyridine rings is 1. The first-order valence-corrected chi connectivity index (χ1v) is 4.55. The summed E-state index contributed by atoms with van der Waals surface area (Å²) >= 11 is 0. The Balaban J connectivity index is 2.18. The van der Waals surface area contributed by atoms with Gasteiger partial charge in [0.1, 0.15) is 5.75 Å². The minimum atomic E-state index is 0.115. The number of carbonyl (C=O) groups excluding carboxylic acids is 1. The lowest BCUT2D eigenvalue weighted by atomic mass is 9.94. The predicted molar refractivity (Wildman–Crippen MR) is 51.5 cm³/mol. The van der Waals surface area contributed by atoms with E-state index in [0.717, 1.165) is 13.1 Å². The molecule has 1 aromatic rings. The summed E-state index contributed by atoms with van der Waals surface area (Å²) in [4.78, 5) is 15.7. The van der Waals surface area contributed by atoms with E-state index in [9.17, 15) is 4.79 Å². The Morgan fingerprint density at radius 2 is 2.36 bits per heavy atom. The lowest BCUT2D eigenvalue weighted by Crippen LogP contribution is -2.46. The Kier molecular flexibility index (Phi) is 2.45. The number of nitrogens with zero attached hydrogens (tertiary/aromatic N) is 1. The number of methoxy groups -OCH3 is 1. The van der Waals surface area contributed by atoms with Gasteiger partial charge in [-0.25, -0.2) is 0 Å². The summed E-state index contributed by atoms with van der Waals surface area (Å²) in [5.74, 6) is 0.891. The van der Waals surface area contributed by atoms with E-state index in [2.05, 4.69) is 10.3 Å². The maximum absolute atomic E-state index is 11.8. The molecule has 1 aromatic heterocycles. The number of carbonyl (C=O) groups is 1. The predicted octanol–water partition coefficient (Wildman–Crippen LogP) is 0.492. The van der Waals surface area contributed by atoms with Crippen molar-refractivity contribution in [2.45, 2.75) is 0 Å². The highest BCUT2D eigenvalue weighted by Crippen LogP contribution is 2.16. The molecule has 0 unspecified atom stereocenters. The Morgan fingerprint density at radius 3 is 2.93 bits per heavy atom. The van der Waals surface area contributed by atoms with Crippen LogP contribution in [0.3, 0.4) is 0 Å². The molecule has 0 saturated carbocycles. The molecular weight excluding hydrogens is 180 g/mol. The topological polar surface area (TPSA) is 51.2 Å². The molecule has 0 amide bonds. The van der Waals surface area contributed by atoms with E-state index < -0.39 is 0 Å². The van der Waals surface area contributed by atoms with Crippen LogP contribution in [0.5, 0.6) is 5.75 Å². The molecule has 0 bridgehead atoms. The molecule has 74 valence electrons. The van der Waals surface area contributed by atoms with Gasteiger partial charge < -0.3 is 10.1 Å². The molecule has 14 heavy (non-hydrogen) atoms. The number of ether oxygens (including phenoxy) is 1. The second kappa shape index (κ2) is 3.75. The van der Waals surface area contributed by atoms with Gasteiger partial charge in [0.25, 0.3) is 0 Å². The first-order chi connectivity index (χ1) is 6.81. The largest absolute Gasteiger partial charge is 0.495 e. The second-order valence-corrected chi connectivity index (χ2v) is 3.33. The number of hydrogen-bond acceptors (Lipinski definition) is 4. The lowest BCUT2D eigenvalue weighted by molar-refractivity contribution is 0.0877. The van der Waals surface area contributed by atoms with E-state index in [4.69, 9.17) is 4.74 Å². The molecule has 2 rings (SSSR count). The number of hydrogen-bond donors (Lipinski definition) is 1. The van der Waals surface area contributed by atoms with Gasteiger partial charge in [-0.3, -0.25) is 9.78 Å². The first kappa shape index (κ1) is 9.15. The van der Waals surface area contributed by atoms with Crippen molar-refractivity contribution in [1.29, 1.82) is 0 Å². The maximum Gasteiger partial charge on any atom is 0.170 e. The quantitative estimate of drug-likeness (QED) is 0.708. The average molecular weight is 192 g/mol. The second-order valence-electron chi connectivity index (χ2n) is 3.33. The fourth-order valence-electron chi connectivity index (χ4n) is 1.37. The Bertz CT molecular complexity index is 348. The molecule has 0 aliphatic carbocycles. The van der Waals surface area contributed by atoms with Crippen molar-refractivity contribution in [3.8, 4) is 5.75 Å². The number of rotatable bonds is 3. The van der Waals surface area contributed by atoms with E-state index in [1.165, 1.54) is 0 Å². The van der Waals surface area contributed by atoms with E-state index >= 15 is 0 Å². The van der Waals surface area contributed by atoms with Crippen molar-refractivity contribution in [3.05, 3.63) is 24.0 Å². The van der Waals surface area contributed by atoms with Crippen LogP contribution in [0.2, 0.25) is 0 Å². The molecule has 1 fully saturated rings. The molecule has 0 radical (unpaired) electrons. The van der Waals surface area contributed by atoms with E-state index in [0.29, 0.717) is 11.3 Å². The summed E-state index contributed by atoms with van der Waals surface area (Å²) < 4.78 is 5.01. The van der Waals surface area contributed by atoms with Gasteiger partial charge in [0.2, 0.25) is 0 Å². The van der Waals surface area contributed by atoms with Gasteiger partial charge in [-0.05, 0) is 6.07 Å². The molecule has 1 N–H and O–H groups in total. The highest BCUT2D eigenvalue weighted by molar-refractivity contribution is 5.98. The van der Waals surface area contributed by atoms with Crippen LogP contribution in [0.4, 0.5) is 0 Å². The zero-order chi connectivity index (χ0) is 9.97. The van der Waals surface area contributed by atoms with Crippen LogP contribution in [0.15, 0.2) is 18.5 Å². The number of Topliss-reactive ketones (excluding diaryl/α,β-unsaturated/α-hetero) is 1. The highest BCUT2D eigenvalue weighted by Gasteiger charge is 2.26. The van der Waals surface area contributed by atoms with Crippen molar-refractivity contribution in [3.63, 3.8) is 0 Å². The van der Waals surface area contributed by atoms with Gasteiger partial charge in [0, 0.05) is 30.8 Å². The molecule has 1 saturated heterocycles. The molecule has 1 aliphatic rings. The Labute approximate surface area is 82.3 Å². The molecule has 0 atom stereocenters. The molecule has 4 nitrogen and oxygen atoms in total. The molecule has 0 spiro atoms. The van der Waals surface area contributed by atoms with Crippen LogP contribution in [0, 0.1) is 5.92 Å². The third-order valence-corrected chi connectivity index (χ3v) is 2.39. The minimum Gasteiger partial charge on any atom is -0.495 e. The Morgan fingerprint density at radius 1 is 1.57 bits per heavy atom. The van der Waals surface area contributed by atoms with Gasteiger partial charge in [-0.2, -0.15) is 0 Å². The van der Waals surface area contributed by atoms with E-state index in [1.807, 2.05) is 0 Å². The van der Waals surface area contributed by atoms with Crippen molar-refractivity contribution in [1.82, 2.24) is 10.3 Å². The monoisotopic (exact) mass is 192 g/mol. The van der Waals surface area contributed by atoms with Crippen LogP contribution < -0.4 is 10.1 Å². The molecule has 0 aromatic carbocycles. The van der Waals surface area contributed by atoms with Crippen LogP contribution in [-0.2, 0) is 0 Å². The number of ketones is 1. The lowest BCUT2D eigenvalue weighted by Gasteiger charge is -2.25. The number of aromatic nitrogens is 1. The van der Waals surface area contributed by atoms with Crippen LogP contribution >= 0.6 is 0 Å². The fourth-order valence-corrected chi connectivity index (χ4v) is 1.37. The Hall–Kier alpha value is -1.42. The van der Waals surface area contributed by atoms with Crippen molar-refractivity contribution in [2.75, 3.05) is 20.2 Å². The van der Waals surface area contributed by atoms with Gasteiger partial charge in [-0.15, -0.1) is 0 Å². The molecule has 4 heteroatoms. The standard InChI is InChI=1S/C10H12N2O2/c1-14-9-2-7(3-12-6-9)10(13)8-4-11-5-8/h2-3,6,8,11H,4-5H2,1H3. The van der Waals surface area contributed by atoms with Crippen molar-refractivity contribution in [2.24, 2.45) is 5.92 Å². The summed E-state index contributed by atoms with van der Waals surface area (Å²) in [6, 6.07) is 1.73. The third-order valence-electron chi connectivity index (χ3n) is 2.39. The van der Waals surface area contributed by atoms with Crippen LogP contribution in [0.1, 0.15) is 10.4 Å². The summed E-state index contributed by atoms with van der Waals surface area (Å²) in [6.07, 6.45) is 3.18. The summed E-state index contributed by atoms with van der Waals surface area (Å²) in [5, 5.41) is 3.07. The van der Waals surface area contributed by atoms with E-state index in [-0.39, 0.29) is 11.7 Å². The molecular formula is C10H12N2O2. The van der Waals surface area contributed by atoms with Gasteiger partial charge >= 0.3 is 0 Å². The average Bonchev–Trinajstić information content (AvgIpc) is 2.15. The smallest absolute Gasteiger partial charge is 0.170 e. The van der Waals surface area contributed by atoms with Crippen molar-refractivity contribution >= 4 is 5.78 Å². The van der Waals surface area contributed by atoms with E-state index in [1.54, 1.807) is 25.6 Å². The normalized spacial score (nSPS) is 16.1. The van der Waals surface area contributed by atoms with Crippen molar-refractivity contribution < 1.29 is 9.53 Å². The van der Waals surface area contributed by atoms with Gasteiger partial charge in [-0.1, -0.05) is 0 Å². The third kappa shape index (κ3) is 1.61. The summed E-state index contributed by atoms with van der Waals surface area (Å²) in [6.45, 7) is 1.55. The summed E-state index contributed by atoms with van der Waals surface area (Å²) in [7, 11) is 1.57. The fraction of sp³-hybridized carbons (Fsp3) is 0.400. The van der Waals surface area contributed by atoms with Gasteiger partial charge in [0.05, 0.1) is 13.3 Å². The SMILES string of the molecule is COc1cncc(C(=O)C2CNC2)c1. The zero-order valence-corrected chi connectivity index (χ0v) is 7.99. The van der Waals surface area contributed by atoms with Crippen LogP contribution in [-0.4, -0.2) is 31.0 Å². The molecule has 2 heterocycles. The minimum absolute atomic E-state index is 0.115. The molecule has 1 aliphatic heterocycles. The maximum atomic E-state index is 11.8. The number of nitrogens with one attached hydrogen (secondary N) is 1. The zero-order valence-electron chi connectivity index (χ0n) is 7.99. The van der Waals surface area contributed by atoms with Gasteiger partial charge in [0.15, 0.2) is 5.78 Å². The summed E-state index contributed by atoms with van der Waals surface area (Å²) in [5.41, 5.74) is 0.635.